The fourth-order valence-electron chi connectivity index (χ4n) is 1.74. The van der Waals surface area contributed by atoms with E-state index in [9.17, 15) is 13.6 Å². The van der Waals surface area contributed by atoms with Crippen LogP contribution in [0.5, 0.6) is 0 Å². The summed E-state index contributed by atoms with van der Waals surface area (Å²) in [7, 11) is 0. The van der Waals surface area contributed by atoms with Gasteiger partial charge in [-0.15, -0.1) is 0 Å². The standard InChI is InChI=1S/C13H11F2N3O2/c14-9-4-3-8(5-10(9)15)13(19)20-6-11-16-12(18-17-11)7-1-2-7/h3-5,7H,1-2,6H2,(H,16,17,18). The van der Waals surface area contributed by atoms with Gasteiger partial charge in [0.15, 0.2) is 29.9 Å². The molecule has 104 valence electrons. The van der Waals surface area contributed by atoms with Gasteiger partial charge in [0, 0.05) is 5.92 Å². The first kappa shape index (κ1) is 12.7. The average Bonchev–Trinajstić information content (AvgIpc) is 3.18. The van der Waals surface area contributed by atoms with E-state index in [1.165, 1.54) is 0 Å². The second-order valence-electron chi connectivity index (χ2n) is 4.62. The zero-order valence-electron chi connectivity index (χ0n) is 10.4. The highest BCUT2D eigenvalue weighted by atomic mass is 19.2. The van der Waals surface area contributed by atoms with E-state index in [2.05, 4.69) is 15.2 Å². The number of aromatic amines is 1. The van der Waals surface area contributed by atoms with Crippen LogP contribution in [0.2, 0.25) is 0 Å². The molecule has 3 rings (SSSR count). The number of aromatic nitrogens is 3. The first-order chi connectivity index (χ1) is 9.63. The lowest BCUT2D eigenvalue weighted by Gasteiger charge is -2.02. The molecule has 1 aromatic heterocycles. The molecule has 1 heterocycles. The summed E-state index contributed by atoms with van der Waals surface area (Å²) in [5.74, 6) is -1.28. The maximum absolute atomic E-state index is 13.0. The van der Waals surface area contributed by atoms with Gasteiger partial charge in [-0.1, -0.05) is 0 Å². The summed E-state index contributed by atoms with van der Waals surface area (Å²) in [5, 5.41) is 6.70. The smallest absolute Gasteiger partial charge is 0.338 e. The van der Waals surface area contributed by atoms with Crippen LogP contribution in [0, 0.1) is 11.6 Å². The summed E-state index contributed by atoms with van der Waals surface area (Å²) in [5.41, 5.74) is -0.0502. The molecule has 0 saturated heterocycles. The topological polar surface area (TPSA) is 67.9 Å². The molecular weight excluding hydrogens is 268 g/mol. The molecule has 1 fully saturated rings. The molecule has 0 unspecified atom stereocenters. The van der Waals surface area contributed by atoms with Crippen molar-refractivity contribution in [3.8, 4) is 0 Å². The quantitative estimate of drug-likeness (QED) is 0.872. The van der Waals surface area contributed by atoms with Crippen LogP contribution in [-0.2, 0) is 11.3 Å². The summed E-state index contributed by atoms with van der Waals surface area (Å²) in [6.45, 7) is -0.0858. The SMILES string of the molecule is O=C(OCc1nc(C2CC2)n[nH]1)c1ccc(F)c(F)c1. The molecule has 1 aliphatic carbocycles. The van der Waals surface area contributed by atoms with Crippen molar-refractivity contribution in [2.75, 3.05) is 0 Å². The highest BCUT2D eigenvalue weighted by Gasteiger charge is 2.27. The molecule has 0 aliphatic heterocycles. The van der Waals surface area contributed by atoms with Crippen molar-refractivity contribution in [3.63, 3.8) is 0 Å². The van der Waals surface area contributed by atoms with Crippen molar-refractivity contribution >= 4 is 5.97 Å². The largest absolute Gasteiger partial charge is 0.454 e. The monoisotopic (exact) mass is 279 g/mol. The summed E-state index contributed by atoms with van der Waals surface area (Å²) in [6.07, 6.45) is 2.15. The number of benzene rings is 1. The van der Waals surface area contributed by atoms with Crippen LogP contribution >= 0.6 is 0 Å². The van der Waals surface area contributed by atoms with Gasteiger partial charge in [0.2, 0.25) is 0 Å². The second-order valence-corrected chi connectivity index (χ2v) is 4.62. The molecule has 0 atom stereocenters. The summed E-state index contributed by atoms with van der Waals surface area (Å²) in [6, 6.07) is 2.84. The van der Waals surface area contributed by atoms with Gasteiger partial charge in [0.05, 0.1) is 5.56 Å². The lowest BCUT2D eigenvalue weighted by molar-refractivity contribution is 0.0462. The van der Waals surface area contributed by atoms with Gasteiger partial charge in [-0.3, -0.25) is 5.10 Å². The van der Waals surface area contributed by atoms with E-state index < -0.39 is 17.6 Å². The van der Waals surface area contributed by atoms with Crippen LogP contribution in [0.1, 0.15) is 40.8 Å². The van der Waals surface area contributed by atoms with E-state index in [1.54, 1.807) is 0 Å². The molecule has 5 nitrogen and oxygen atoms in total. The number of rotatable bonds is 4. The molecule has 7 heteroatoms. The Morgan fingerprint density at radius 2 is 2.15 bits per heavy atom. The molecule has 1 N–H and O–H groups in total. The van der Waals surface area contributed by atoms with Gasteiger partial charge in [-0.25, -0.2) is 18.6 Å². The fourth-order valence-corrected chi connectivity index (χ4v) is 1.74. The molecule has 0 bridgehead atoms. The number of nitrogens with zero attached hydrogens (tertiary/aromatic N) is 2. The molecule has 1 aromatic carbocycles. The molecule has 0 radical (unpaired) electrons. The van der Waals surface area contributed by atoms with Gasteiger partial charge < -0.3 is 4.74 Å². The fraction of sp³-hybridized carbons (Fsp3) is 0.308. The number of H-pyrrole nitrogens is 1. The van der Waals surface area contributed by atoms with E-state index in [0.29, 0.717) is 11.7 Å². The third kappa shape index (κ3) is 2.66. The van der Waals surface area contributed by atoms with E-state index >= 15 is 0 Å². The van der Waals surface area contributed by atoms with Crippen molar-refractivity contribution < 1.29 is 18.3 Å². The van der Waals surface area contributed by atoms with Crippen LogP contribution in [0.3, 0.4) is 0 Å². The Kier molecular flexibility index (Phi) is 3.17. The van der Waals surface area contributed by atoms with E-state index in [-0.39, 0.29) is 12.2 Å². The van der Waals surface area contributed by atoms with Gasteiger partial charge in [0.1, 0.15) is 0 Å². The second kappa shape index (κ2) is 4.99. The number of halogens is 2. The Labute approximate surface area is 113 Å². The highest BCUT2D eigenvalue weighted by molar-refractivity contribution is 5.89. The number of esters is 1. The van der Waals surface area contributed by atoms with Crippen LogP contribution in [0.15, 0.2) is 18.2 Å². The first-order valence-electron chi connectivity index (χ1n) is 6.17. The first-order valence-corrected chi connectivity index (χ1v) is 6.17. The normalized spacial score (nSPS) is 14.3. The van der Waals surface area contributed by atoms with E-state index in [4.69, 9.17) is 4.74 Å². The summed E-state index contributed by atoms with van der Waals surface area (Å²) >= 11 is 0. The third-order valence-electron chi connectivity index (χ3n) is 2.99. The van der Waals surface area contributed by atoms with Crippen molar-refractivity contribution in [1.82, 2.24) is 15.2 Å². The number of carbonyl (C=O) groups excluding carboxylic acids is 1. The summed E-state index contributed by atoms with van der Waals surface area (Å²) in [4.78, 5) is 15.9. The minimum atomic E-state index is -1.09. The van der Waals surface area contributed by atoms with Crippen LogP contribution in [-0.4, -0.2) is 21.2 Å². The predicted molar refractivity (Wildman–Crippen MR) is 63.8 cm³/mol. The van der Waals surface area contributed by atoms with Crippen LogP contribution < -0.4 is 0 Å². The van der Waals surface area contributed by atoms with Crippen molar-refractivity contribution in [1.29, 1.82) is 0 Å². The lowest BCUT2D eigenvalue weighted by Crippen LogP contribution is -2.07. The number of ether oxygens (including phenoxy) is 1. The molecule has 1 saturated carbocycles. The van der Waals surface area contributed by atoms with Gasteiger partial charge >= 0.3 is 5.97 Å². The van der Waals surface area contributed by atoms with Crippen molar-refractivity contribution in [2.24, 2.45) is 0 Å². The molecule has 1 aliphatic rings. The predicted octanol–water partition coefficient (Wildman–Crippen LogP) is 2.32. The Hall–Kier alpha value is -2.31. The van der Waals surface area contributed by atoms with Crippen LogP contribution in [0.4, 0.5) is 8.78 Å². The molecular formula is C13H11F2N3O2. The molecule has 2 aromatic rings. The minimum Gasteiger partial charge on any atom is -0.454 e. The Balaban J connectivity index is 1.61. The molecule has 20 heavy (non-hydrogen) atoms. The van der Waals surface area contributed by atoms with E-state index in [1.807, 2.05) is 0 Å². The van der Waals surface area contributed by atoms with Crippen LogP contribution in [0.25, 0.3) is 0 Å². The maximum atomic E-state index is 13.0. The van der Waals surface area contributed by atoms with E-state index in [0.717, 1.165) is 36.9 Å². The minimum absolute atomic E-state index is 0.0502. The Morgan fingerprint density at radius 3 is 2.85 bits per heavy atom. The Bertz CT molecular complexity index is 653. The summed E-state index contributed by atoms with van der Waals surface area (Å²) < 4.78 is 30.7. The Morgan fingerprint density at radius 1 is 1.35 bits per heavy atom. The maximum Gasteiger partial charge on any atom is 0.338 e. The zero-order chi connectivity index (χ0) is 14.1. The van der Waals surface area contributed by atoms with Gasteiger partial charge in [-0.05, 0) is 31.0 Å². The number of hydrogen-bond acceptors (Lipinski definition) is 4. The van der Waals surface area contributed by atoms with Gasteiger partial charge in [-0.2, -0.15) is 5.10 Å². The molecule has 0 amide bonds. The van der Waals surface area contributed by atoms with Crippen molar-refractivity contribution in [3.05, 3.63) is 47.0 Å². The third-order valence-corrected chi connectivity index (χ3v) is 2.99. The molecule has 0 spiro atoms. The zero-order valence-corrected chi connectivity index (χ0v) is 10.4. The number of nitrogens with one attached hydrogen (secondary N) is 1. The lowest BCUT2D eigenvalue weighted by atomic mass is 10.2. The number of hydrogen-bond donors (Lipinski definition) is 1. The average molecular weight is 279 g/mol. The number of carbonyl (C=O) groups is 1. The van der Waals surface area contributed by atoms with Gasteiger partial charge in [0.25, 0.3) is 0 Å². The highest BCUT2D eigenvalue weighted by Crippen LogP contribution is 2.37. The van der Waals surface area contributed by atoms with Crippen molar-refractivity contribution in [2.45, 2.75) is 25.4 Å².